The number of esters is 2. The van der Waals surface area contributed by atoms with Gasteiger partial charge in [0.25, 0.3) is 0 Å². The number of unbranched alkanes of at least 4 members (excludes halogenated alkanes) is 2. The van der Waals surface area contributed by atoms with Crippen LogP contribution in [0.2, 0.25) is 0 Å². The van der Waals surface area contributed by atoms with E-state index >= 15 is 0 Å². The van der Waals surface area contributed by atoms with E-state index in [0.29, 0.717) is 61.5 Å². The quantitative estimate of drug-likeness (QED) is 0.0461. The van der Waals surface area contributed by atoms with E-state index in [4.69, 9.17) is 18.9 Å². The lowest BCUT2D eigenvalue weighted by molar-refractivity contribution is -0.138. The minimum Gasteiger partial charge on any atom is -0.490 e. The van der Waals surface area contributed by atoms with Crippen molar-refractivity contribution >= 4 is 35.1 Å². The van der Waals surface area contributed by atoms with E-state index < -0.39 is 41.2 Å². The maximum Gasteiger partial charge on any atom is 0.418 e. The molecule has 0 unspecified atom stereocenters. The molecule has 4 aromatic rings. The largest absolute Gasteiger partial charge is 0.490 e. The zero-order valence-corrected chi connectivity index (χ0v) is 31.7. The molecule has 59 heavy (non-hydrogen) atoms. The first-order chi connectivity index (χ1) is 28.3. The third-order valence-corrected chi connectivity index (χ3v) is 7.58. The number of carbonyl (C=O) groups is 4. The highest BCUT2D eigenvalue weighted by molar-refractivity contribution is 6.43. The fourth-order valence-electron chi connectivity index (χ4n) is 4.62. The van der Waals surface area contributed by atoms with Gasteiger partial charge in [0.1, 0.15) is 0 Å². The Morgan fingerprint density at radius 3 is 1.51 bits per heavy atom. The Balaban J connectivity index is 1.29. The van der Waals surface area contributed by atoms with Crippen molar-refractivity contribution in [2.45, 2.75) is 38.8 Å². The maximum atomic E-state index is 14.0. The van der Waals surface area contributed by atoms with Crippen molar-refractivity contribution in [2.24, 2.45) is 0 Å². The Hall–Kier alpha value is -7.53. The molecule has 304 valence electrons. The van der Waals surface area contributed by atoms with Crippen LogP contribution in [0.4, 0.5) is 24.5 Å². The number of nitrogens with one attached hydrogen (secondary N) is 2. The summed E-state index contributed by atoms with van der Waals surface area (Å²) in [5.41, 5.74) is -0.623. The van der Waals surface area contributed by atoms with Crippen molar-refractivity contribution in [1.82, 2.24) is 19.9 Å². The maximum absolute atomic E-state index is 14.0. The zero-order valence-electron chi connectivity index (χ0n) is 31.7. The zero-order chi connectivity index (χ0) is 42.6. The van der Waals surface area contributed by atoms with Gasteiger partial charge in [0.05, 0.1) is 62.5 Å². The van der Waals surface area contributed by atoms with Crippen LogP contribution in [-0.4, -0.2) is 70.1 Å². The molecule has 0 saturated heterocycles. The molecule has 0 radical (unpaired) electrons. The second-order valence-electron chi connectivity index (χ2n) is 12.0. The van der Waals surface area contributed by atoms with Gasteiger partial charge in [-0.3, -0.25) is 9.59 Å². The van der Waals surface area contributed by atoms with Crippen molar-refractivity contribution in [2.75, 3.05) is 37.1 Å². The second-order valence-corrected chi connectivity index (χ2v) is 12.0. The number of anilines is 2. The van der Waals surface area contributed by atoms with Gasteiger partial charge in [-0.25, -0.2) is 29.5 Å². The highest BCUT2D eigenvalue weighted by Gasteiger charge is 2.34. The van der Waals surface area contributed by atoms with Gasteiger partial charge in [0.2, 0.25) is 11.6 Å². The molecule has 0 aliphatic rings. The number of amides is 2. The fourth-order valence-corrected chi connectivity index (χ4v) is 4.62. The normalized spacial score (nSPS) is 10.4. The third-order valence-electron chi connectivity index (χ3n) is 7.58. The summed E-state index contributed by atoms with van der Waals surface area (Å²) in [6.07, 6.45) is 5.35. The molecule has 0 spiro atoms. The van der Waals surface area contributed by atoms with Gasteiger partial charge < -0.3 is 29.6 Å². The minimum absolute atomic E-state index is 0.0215. The van der Waals surface area contributed by atoms with Crippen molar-refractivity contribution in [3.63, 3.8) is 0 Å². The molecule has 2 aromatic carbocycles. The Bertz CT molecular complexity index is 2280. The monoisotopic (exact) mass is 810 g/mol. The Morgan fingerprint density at radius 1 is 0.644 bits per heavy atom. The number of alkyl halides is 3. The number of benzene rings is 2. The average Bonchev–Trinajstić information content (AvgIpc) is 3.23. The summed E-state index contributed by atoms with van der Waals surface area (Å²) in [5, 5.41) is 4.43. The molecule has 2 N–H and O–H groups in total. The van der Waals surface area contributed by atoms with E-state index in [1.807, 2.05) is 5.32 Å². The van der Waals surface area contributed by atoms with Crippen LogP contribution in [0, 0.1) is 30.6 Å². The Labute approximate surface area is 337 Å². The summed E-state index contributed by atoms with van der Waals surface area (Å²) in [6.45, 7) is 9.46. The van der Waals surface area contributed by atoms with Crippen LogP contribution in [0.15, 0.2) is 86.5 Å². The van der Waals surface area contributed by atoms with Gasteiger partial charge >= 0.3 is 29.9 Å². The smallest absolute Gasteiger partial charge is 0.418 e. The van der Waals surface area contributed by atoms with E-state index in [1.165, 1.54) is 36.9 Å². The molecule has 0 atom stereocenters. The standard InChI is InChI=1S/C42H37F3N6O8/c1-4-38(52)58-20-8-6-18-56-31-24-46-36(47-25-31)16-12-29-10-14-34(28(3)22-29)50-40(54)41(55)51-35-15-11-30(23-33(35)42(43,44)45)13-17-37-48-26-32(27-49-37)57-19-7-9-21-59-39(53)5-2/h4-5,10-11,14-15,22-27H,1-2,6-9,18-21H2,3H3,(H,50,54)(H,51,55). The van der Waals surface area contributed by atoms with E-state index in [2.05, 4.69) is 62.1 Å². The van der Waals surface area contributed by atoms with Gasteiger partial charge in [-0.15, -0.1) is 0 Å². The molecular formula is C42H37F3N6O8. The van der Waals surface area contributed by atoms with Gasteiger partial charge in [0.15, 0.2) is 11.5 Å². The predicted octanol–water partition coefficient (Wildman–Crippen LogP) is 5.75. The molecule has 0 saturated carbocycles. The Morgan fingerprint density at radius 2 is 1.07 bits per heavy atom. The SMILES string of the molecule is C=CC(=O)OCCCCOc1cnc(C#Cc2ccc(NC(=O)C(=O)Nc3ccc(C#Cc4ncc(OCCCCOC(=O)C=C)cn4)cc3C(F)(F)F)c(C)c2)nc1. The molecule has 0 fully saturated rings. The van der Waals surface area contributed by atoms with Crippen molar-refractivity contribution in [3.05, 3.63) is 120 Å². The molecule has 17 heteroatoms. The van der Waals surface area contributed by atoms with Crippen LogP contribution in [0.25, 0.3) is 0 Å². The predicted molar refractivity (Wildman–Crippen MR) is 208 cm³/mol. The topological polar surface area (TPSA) is 181 Å². The highest BCUT2D eigenvalue weighted by Crippen LogP contribution is 2.35. The number of carbonyl (C=O) groups excluding carboxylic acids is 4. The molecular weight excluding hydrogens is 773 g/mol. The first-order valence-electron chi connectivity index (χ1n) is 17.8. The first-order valence-corrected chi connectivity index (χ1v) is 17.8. The number of ether oxygens (including phenoxy) is 4. The lowest BCUT2D eigenvalue weighted by atomic mass is 10.1. The van der Waals surface area contributed by atoms with Crippen molar-refractivity contribution in [1.29, 1.82) is 0 Å². The lowest BCUT2D eigenvalue weighted by Crippen LogP contribution is -2.30. The van der Waals surface area contributed by atoms with Crippen LogP contribution < -0.4 is 20.1 Å². The molecule has 2 heterocycles. The number of rotatable bonds is 16. The average molecular weight is 811 g/mol. The van der Waals surface area contributed by atoms with E-state index in [9.17, 15) is 32.3 Å². The Kier molecular flexibility index (Phi) is 16.7. The molecule has 0 bridgehead atoms. The number of aromatic nitrogens is 4. The van der Waals surface area contributed by atoms with Gasteiger partial charge in [-0.1, -0.05) is 25.0 Å². The van der Waals surface area contributed by atoms with E-state index in [1.54, 1.807) is 19.1 Å². The van der Waals surface area contributed by atoms with Gasteiger partial charge in [-0.05, 0) is 86.4 Å². The molecule has 0 aliphatic carbocycles. The molecule has 14 nitrogen and oxygen atoms in total. The van der Waals surface area contributed by atoms with Crippen LogP contribution in [0.3, 0.4) is 0 Å². The number of nitrogens with zero attached hydrogens (tertiary/aromatic N) is 4. The lowest BCUT2D eigenvalue weighted by Gasteiger charge is -2.14. The molecule has 2 aromatic heterocycles. The van der Waals surface area contributed by atoms with Crippen LogP contribution in [-0.2, 0) is 34.8 Å². The number of halogens is 3. The number of hydrogen-bond acceptors (Lipinski definition) is 12. The van der Waals surface area contributed by atoms with Crippen LogP contribution in [0.5, 0.6) is 11.5 Å². The van der Waals surface area contributed by atoms with Crippen LogP contribution in [0.1, 0.15) is 59.6 Å². The van der Waals surface area contributed by atoms with Gasteiger partial charge in [0, 0.05) is 29.0 Å². The fraction of sp³-hybridized carbons (Fsp3) is 0.238. The van der Waals surface area contributed by atoms with E-state index in [-0.39, 0.29) is 36.1 Å². The van der Waals surface area contributed by atoms with E-state index in [0.717, 1.165) is 24.3 Å². The number of hydrogen-bond donors (Lipinski definition) is 2. The van der Waals surface area contributed by atoms with Gasteiger partial charge in [-0.2, -0.15) is 13.2 Å². The summed E-state index contributed by atoms with van der Waals surface area (Å²) < 4.78 is 63.0. The highest BCUT2D eigenvalue weighted by atomic mass is 19.4. The third kappa shape index (κ3) is 15.1. The summed E-state index contributed by atoms with van der Waals surface area (Å²) >= 11 is 0. The second kappa shape index (κ2) is 22.3. The van der Waals surface area contributed by atoms with Crippen LogP contribution >= 0.6 is 0 Å². The molecule has 0 aliphatic heterocycles. The summed E-state index contributed by atoms with van der Waals surface area (Å²) in [4.78, 5) is 63.9. The minimum atomic E-state index is -4.90. The molecule has 4 rings (SSSR count). The summed E-state index contributed by atoms with van der Waals surface area (Å²) in [7, 11) is 0. The first kappa shape index (κ1) is 44.2. The molecule has 2 amide bonds. The summed E-state index contributed by atoms with van der Waals surface area (Å²) in [6, 6.07) is 7.67. The number of aryl methyl sites for hydroxylation is 1. The van der Waals surface area contributed by atoms with Crippen molar-refractivity contribution in [3.8, 4) is 35.2 Å². The van der Waals surface area contributed by atoms with Crippen molar-refractivity contribution < 1.29 is 51.3 Å². The summed E-state index contributed by atoms with van der Waals surface area (Å²) in [5.74, 6) is 8.37.